The average molecular weight is 447 g/mol. The topological polar surface area (TPSA) is 93.2 Å². The van der Waals surface area contributed by atoms with Crippen LogP contribution in [0.1, 0.15) is 51.4 Å². The second-order valence-corrected chi connectivity index (χ2v) is 8.55. The van der Waals surface area contributed by atoms with Crippen molar-refractivity contribution >= 4 is 29.2 Å². The predicted molar refractivity (Wildman–Crippen MR) is 123 cm³/mol. The van der Waals surface area contributed by atoms with Gasteiger partial charge in [0.25, 0.3) is 0 Å². The van der Waals surface area contributed by atoms with Crippen molar-refractivity contribution in [1.82, 2.24) is 20.3 Å². The monoisotopic (exact) mass is 446 g/mol. The first-order chi connectivity index (χ1) is 15.2. The Hall–Kier alpha value is -2.32. The Bertz CT molecular complexity index is 854. The van der Waals surface area contributed by atoms with E-state index in [1.165, 1.54) is 25.7 Å². The number of rotatable bonds is 7. The first-order valence-electron chi connectivity index (χ1n) is 11.2. The van der Waals surface area contributed by atoms with Crippen molar-refractivity contribution in [3.63, 3.8) is 0 Å². The Labute approximate surface area is 188 Å². The number of piperidine rings is 1. The van der Waals surface area contributed by atoms with Gasteiger partial charge in [0, 0.05) is 11.7 Å². The molecule has 2 aromatic rings. The second kappa shape index (κ2) is 10.8. The molecule has 1 aromatic heterocycles. The summed E-state index contributed by atoms with van der Waals surface area (Å²) < 4.78 is 11.4. The number of halogens is 1. The molecule has 2 fully saturated rings. The van der Waals surface area contributed by atoms with Crippen molar-refractivity contribution in [1.29, 1.82) is 0 Å². The maximum atomic E-state index is 6.27. The van der Waals surface area contributed by atoms with Crippen LogP contribution in [0.2, 0.25) is 5.02 Å². The molecule has 1 aliphatic heterocycles. The van der Waals surface area contributed by atoms with Gasteiger partial charge in [0.1, 0.15) is 11.9 Å². The third-order valence-corrected chi connectivity index (χ3v) is 6.06. The predicted octanol–water partition coefficient (Wildman–Crippen LogP) is 4.54. The molecule has 0 bridgehead atoms. The average Bonchev–Trinajstić information content (AvgIpc) is 3.03. The largest absolute Gasteiger partial charge is 0.495 e. The third-order valence-electron chi connectivity index (χ3n) is 5.77. The minimum Gasteiger partial charge on any atom is -0.495 e. The van der Waals surface area contributed by atoms with Crippen molar-refractivity contribution in [3.8, 4) is 11.8 Å². The molecule has 0 radical (unpaired) electrons. The number of aromatic nitrogens is 3. The number of benzene rings is 1. The zero-order chi connectivity index (χ0) is 21.5. The second-order valence-electron chi connectivity index (χ2n) is 8.14. The SMILES string of the molecule is COc1ccc(Nc2nc(NC3CCCCCC3)nc(OC3CCNCC3)n2)cc1Cl. The van der Waals surface area contributed by atoms with Gasteiger partial charge in [0.05, 0.1) is 12.1 Å². The number of hydrogen-bond acceptors (Lipinski definition) is 8. The highest BCUT2D eigenvalue weighted by Gasteiger charge is 2.19. The van der Waals surface area contributed by atoms with Crippen molar-refractivity contribution in [2.45, 2.75) is 63.5 Å². The normalized spacial score (nSPS) is 18.3. The van der Waals surface area contributed by atoms with Crippen LogP contribution in [-0.2, 0) is 0 Å². The zero-order valence-electron chi connectivity index (χ0n) is 18.0. The van der Waals surface area contributed by atoms with E-state index in [9.17, 15) is 0 Å². The van der Waals surface area contributed by atoms with Crippen LogP contribution < -0.4 is 25.4 Å². The molecule has 0 spiro atoms. The smallest absolute Gasteiger partial charge is 0.323 e. The van der Waals surface area contributed by atoms with Gasteiger partial charge in [-0.15, -0.1) is 0 Å². The Kier molecular flexibility index (Phi) is 7.64. The molecule has 8 nitrogen and oxygen atoms in total. The Morgan fingerprint density at radius 3 is 2.42 bits per heavy atom. The van der Waals surface area contributed by atoms with Crippen molar-refractivity contribution < 1.29 is 9.47 Å². The molecule has 0 unspecified atom stereocenters. The maximum absolute atomic E-state index is 6.27. The molecule has 0 atom stereocenters. The fourth-order valence-corrected chi connectivity index (χ4v) is 4.33. The van der Waals surface area contributed by atoms with E-state index in [1.807, 2.05) is 12.1 Å². The van der Waals surface area contributed by atoms with Crippen LogP contribution in [0.4, 0.5) is 17.6 Å². The fourth-order valence-electron chi connectivity index (χ4n) is 4.07. The van der Waals surface area contributed by atoms with Crippen molar-refractivity contribution in [3.05, 3.63) is 23.2 Å². The highest BCUT2D eigenvalue weighted by atomic mass is 35.5. The lowest BCUT2D eigenvalue weighted by atomic mass is 10.1. The van der Waals surface area contributed by atoms with E-state index in [4.69, 9.17) is 21.1 Å². The first kappa shape index (κ1) is 21.9. The van der Waals surface area contributed by atoms with Crippen molar-refractivity contribution in [2.24, 2.45) is 0 Å². The van der Waals surface area contributed by atoms with Crippen LogP contribution in [-0.4, -0.2) is 47.3 Å². The van der Waals surface area contributed by atoms with E-state index in [0.29, 0.717) is 34.7 Å². The van der Waals surface area contributed by atoms with Gasteiger partial charge in [-0.25, -0.2) is 0 Å². The Morgan fingerprint density at radius 2 is 1.71 bits per heavy atom. The summed E-state index contributed by atoms with van der Waals surface area (Å²) >= 11 is 6.27. The van der Waals surface area contributed by atoms with Gasteiger partial charge in [-0.3, -0.25) is 0 Å². The number of methoxy groups -OCH3 is 1. The van der Waals surface area contributed by atoms with Crippen LogP contribution in [0.15, 0.2) is 18.2 Å². The number of hydrogen-bond donors (Lipinski definition) is 3. The van der Waals surface area contributed by atoms with E-state index >= 15 is 0 Å². The van der Waals surface area contributed by atoms with Gasteiger partial charge in [0.2, 0.25) is 11.9 Å². The summed E-state index contributed by atoms with van der Waals surface area (Å²) in [6, 6.07) is 6.19. The molecule has 1 aromatic carbocycles. The summed E-state index contributed by atoms with van der Waals surface area (Å²) in [5, 5.41) is 10.6. The molecule has 1 saturated heterocycles. The lowest BCUT2D eigenvalue weighted by Gasteiger charge is -2.23. The Morgan fingerprint density at radius 1 is 0.968 bits per heavy atom. The number of anilines is 3. The van der Waals surface area contributed by atoms with E-state index in [-0.39, 0.29) is 6.10 Å². The quantitative estimate of drug-likeness (QED) is 0.533. The molecule has 2 aliphatic rings. The molecule has 2 heterocycles. The third kappa shape index (κ3) is 6.33. The van der Waals surface area contributed by atoms with Gasteiger partial charge >= 0.3 is 6.01 Å². The van der Waals surface area contributed by atoms with E-state index in [1.54, 1.807) is 13.2 Å². The van der Waals surface area contributed by atoms with Crippen LogP contribution in [0, 0.1) is 0 Å². The van der Waals surface area contributed by atoms with Gasteiger partial charge in [-0.2, -0.15) is 15.0 Å². The van der Waals surface area contributed by atoms with Crippen LogP contribution in [0.5, 0.6) is 11.8 Å². The standard InChI is InChI=1S/C22H31ClN6O2/c1-30-19-9-8-16(14-18(19)23)26-21-27-20(25-15-6-4-2-3-5-7-15)28-22(29-21)31-17-10-12-24-13-11-17/h8-9,14-15,17,24H,2-7,10-13H2,1H3,(H2,25,26,27,28,29). The van der Waals surface area contributed by atoms with E-state index in [0.717, 1.165) is 44.5 Å². The highest BCUT2D eigenvalue weighted by Crippen LogP contribution is 2.29. The summed E-state index contributed by atoms with van der Waals surface area (Å²) in [6.07, 6.45) is 9.31. The minimum absolute atomic E-state index is 0.109. The number of ether oxygens (including phenoxy) is 2. The summed E-state index contributed by atoms with van der Waals surface area (Å²) in [4.78, 5) is 13.7. The van der Waals surface area contributed by atoms with Crippen LogP contribution in [0.25, 0.3) is 0 Å². The zero-order valence-corrected chi connectivity index (χ0v) is 18.7. The van der Waals surface area contributed by atoms with E-state index in [2.05, 4.69) is 30.9 Å². The first-order valence-corrected chi connectivity index (χ1v) is 11.6. The van der Waals surface area contributed by atoms with Crippen molar-refractivity contribution in [2.75, 3.05) is 30.8 Å². The van der Waals surface area contributed by atoms with Crippen LogP contribution in [0.3, 0.4) is 0 Å². The fraction of sp³-hybridized carbons (Fsp3) is 0.591. The summed E-state index contributed by atoms with van der Waals surface area (Å²) in [6.45, 7) is 1.89. The van der Waals surface area contributed by atoms with Gasteiger partial charge in [-0.1, -0.05) is 37.3 Å². The molecule has 4 rings (SSSR count). The molecule has 168 valence electrons. The van der Waals surface area contributed by atoms with E-state index < -0.39 is 0 Å². The summed E-state index contributed by atoms with van der Waals surface area (Å²) in [7, 11) is 1.59. The molecule has 1 saturated carbocycles. The molecule has 0 amide bonds. The minimum atomic E-state index is 0.109. The molecule has 3 N–H and O–H groups in total. The molecular weight excluding hydrogens is 416 g/mol. The van der Waals surface area contributed by atoms with Crippen LogP contribution >= 0.6 is 11.6 Å². The molecule has 1 aliphatic carbocycles. The van der Waals surface area contributed by atoms with Gasteiger partial charge < -0.3 is 25.4 Å². The molecular formula is C22H31ClN6O2. The lowest BCUT2D eigenvalue weighted by molar-refractivity contribution is 0.149. The molecule has 9 heteroatoms. The summed E-state index contributed by atoms with van der Waals surface area (Å²) in [5.41, 5.74) is 0.769. The Balaban J connectivity index is 1.54. The van der Waals surface area contributed by atoms with Gasteiger partial charge in [0.15, 0.2) is 0 Å². The highest BCUT2D eigenvalue weighted by molar-refractivity contribution is 6.32. The molecule has 31 heavy (non-hydrogen) atoms. The number of nitrogens with one attached hydrogen (secondary N) is 3. The van der Waals surface area contributed by atoms with Gasteiger partial charge in [-0.05, 0) is 57.0 Å². The lowest BCUT2D eigenvalue weighted by Crippen LogP contribution is -2.34. The number of nitrogens with zero attached hydrogens (tertiary/aromatic N) is 3. The maximum Gasteiger partial charge on any atom is 0.323 e. The summed E-state index contributed by atoms with van der Waals surface area (Å²) in [5.74, 6) is 1.60.